The highest BCUT2D eigenvalue weighted by Crippen LogP contribution is 2.38. The van der Waals surface area contributed by atoms with E-state index in [2.05, 4.69) is 39.4 Å². The molecule has 2 fully saturated rings. The number of carbonyl (C=O) groups is 1. The predicted molar refractivity (Wildman–Crippen MR) is 189 cm³/mol. The number of ketones is 1. The number of nitrogens with one attached hydrogen (secondary N) is 1. The number of hydrogen-bond acceptors (Lipinski definition) is 6. The van der Waals surface area contributed by atoms with E-state index >= 15 is 0 Å². The summed E-state index contributed by atoms with van der Waals surface area (Å²) in [5.74, 6) is -2.55. The Balaban J connectivity index is 0.00000276. The number of Topliss-reactive ketones (excluding diaryl/α,β-unsaturated/α-hetero) is 1. The van der Waals surface area contributed by atoms with Gasteiger partial charge >= 0.3 is 0 Å². The first-order chi connectivity index (χ1) is 20.9. The van der Waals surface area contributed by atoms with Gasteiger partial charge in [-0.1, -0.05) is 36.4 Å². The normalized spacial score (nSPS) is 22.6. The Morgan fingerprint density at radius 2 is 1.87 bits per heavy atom. The molecule has 3 N–H and O–H groups in total. The minimum Gasteiger partial charge on any atom is -0.330 e. The third-order valence-electron chi connectivity index (χ3n) is 9.98. The topological polar surface area (TPSA) is 74.5 Å². The molecule has 1 aliphatic heterocycles. The lowest BCUT2D eigenvalue weighted by molar-refractivity contribution is -0.127. The number of halogens is 2. The van der Waals surface area contributed by atoms with Crippen molar-refractivity contribution in [2.24, 2.45) is 11.7 Å². The molecule has 1 saturated heterocycles. The molecule has 3 aliphatic rings. The first-order valence-corrected chi connectivity index (χ1v) is 16.7. The number of alkyl halides is 2. The van der Waals surface area contributed by atoms with Crippen molar-refractivity contribution in [3.8, 4) is 0 Å². The van der Waals surface area contributed by atoms with E-state index in [4.69, 9.17) is 10.7 Å². The summed E-state index contributed by atoms with van der Waals surface area (Å²) in [5.41, 5.74) is 9.68. The molecule has 0 bridgehead atoms. The van der Waals surface area contributed by atoms with Crippen LogP contribution in [0.3, 0.4) is 0 Å². The van der Waals surface area contributed by atoms with Crippen LogP contribution in [0.25, 0.3) is 0 Å². The highest BCUT2D eigenvalue weighted by molar-refractivity contribution is 7.59. The van der Waals surface area contributed by atoms with Crippen LogP contribution in [0.4, 0.5) is 8.78 Å². The van der Waals surface area contributed by atoms with Crippen LogP contribution < -0.4 is 11.1 Å². The number of benzene rings is 1. The number of nitrogens with zero attached hydrogens (tertiary/aromatic N) is 3. The summed E-state index contributed by atoms with van der Waals surface area (Å²) < 4.78 is 27.4. The van der Waals surface area contributed by atoms with E-state index in [-0.39, 0.29) is 57.5 Å². The van der Waals surface area contributed by atoms with Gasteiger partial charge in [0.25, 0.3) is 0 Å². The third-order valence-corrected chi connectivity index (χ3v) is 9.98. The first-order valence-electron chi connectivity index (χ1n) is 16.7. The predicted octanol–water partition coefficient (Wildman–Crippen LogP) is 5.96. The van der Waals surface area contributed by atoms with Gasteiger partial charge in [0, 0.05) is 63.6 Å². The first kappa shape index (κ1) is 37.9. The van der Waals surface area contributed by atoms with Gasteiger partial charge in [0.1, 0.15) is 5.78 Å². The van der Waals surface area contributed by atoms with E-state index in [0.717, 1.165) is 77.9 Å². The standard InChI is InChI=1S/C35H51F2N5O.2H2S/c36-35(37)16-13-28(14-17-35)33(43)24-30(27-8-2-1-3-9-27)15-22-41-23-20-39-31(25-41)26-42(21-5-4-18-38)32-12-6-10-29-11-7-19-40-34(29)32;;/h1-3,7-9,11,19,28,30-32,39H,4-6,10,12-18,20-26,38H2;2*1H2/t30-,31+,32+;;/m1../s1. The number of nitrogens with two attached hydrogens (primary N) is 1. The summed E-state index contributed by atoms with van der Waals surface area (Å²) in [6.07, 6.45) is 9.17. The second kappa shape index (κ2) is 18.7. The van der Waals surface area contributed by atoms with Crippen LogP contribution >= 0.6 is 27.0 Å². The fraction of sp³-hybridized carbons (Fsp3) is 0.657. The molecule has 45 heavy (non-hydrogen) atoms. The Hall–Kier alpha value is -1.56. The number of piperazine rings is 1. The fourth-order valence-electron chi connectivity index (χ4n) is 7.50. The van der Waals surface area contributed by atoms with Crippen molar-refractivity contribution in [3.63, 3.8) is 0 Å². The van der Waals surface area contributed by atoms with Gasteiger partial charge in [0.15, 0.2) is 0 Å². The number of aryl methyl sites for hydroxylation is 1. The summed E-state index contributed by atoms with van der Waals surface area (Å²) in [4.78, 5) is 23.3. The number of aromatic nitrogens is 1. The second-order valence-corrected chi connectivity index (χ2v) is 13.1. The maximum absolute atomic E-state index is 13.7. The Morgan fingerprint density at radius 1 is 1.09 bits per heavy atom. The molecule has 2 aliphatic carbocycles. The molecule has 1 aromatic heterocycles. The summed E-state index contributed by atoms with van der Waals surface area (Å²) in [7, 11) is 0. The van der Waals surface area contributed by atoms with E-state index in [0.29, 0.717) is 31.3 Å². The average molecular weight is 664 g/mol. The lowest BCUT2D eigenvalue weighted by atomic mass is 9.80. The average Bonchev–Trinajstić information content (AvgIpc) is 3.03. The van der Waals surface area contributed by atoms with Gasteiger partial charge in [-0.2, -0.15) is 27.0 Å². The third kappa shape index (κ3) is 11.0. The molecule has 1 saturated carbocycles. The van der Waals surface area contributed by atoms with Gasteiger partial charge in [-0.3, -0.25) is 14.7 Å². The van der Waals surface area contributed by atoms with Crippen LogP contribution in [-0.4, -0.2) is 78.3 Å². The lowest BCUT2D eigenvalue weighted by Crippen LogP contribution is -2.55. The molecule has 0 unspecified atom stereocenters. The van der Waals surface area contributed by atoms with Crippen molar-refractivity contribution >= 4 is 32.8 Å². The monoisotopic (exact) mass is 663 g/mol. The lowest BCUT2D eigenvalue weighted by Gasteiger charge is -2.41. The summed E-state index contributed by atoms with van der Waals surface area (Å²) in [5, 5.41) is 3.79. The van der Waals surface area contributed by atoms with Gasteiger partial charge in [-0.05, 0) is 94.1 Å². The molecule has 252 valence electrons. The van der Waals surface area contributed by atoms with E-state index in [1.807, 2.05) is 24.4 Å². The molecule has 0 spiro atoms. The Labute approximate surface area is 283 Å². The molecular formula is C35H55F2N5OS2. The summed E-state index contributed by atoms with van der Waals surface area (Å²) >= 11 is 0. The minimum atomic E-state index is -2.61. The highest BCUT2D eigenvalue weighted by atomic mass is 32.1. The number of fused-ring (bicyclic) bond motifs is 1. The molecule has 6 nitrogen and oxygen atoms in total. The number of rotatable bonds is 14. The number of pyridine rings is 1. The number of hydrogen-bond donors (Lipinski definition) is 2. The van der Waals surface area contributed by atoms with Crippen molar-refractivity contribution in [3.05, 3.63) is 65.5 Å². The van der Waals surface area contributed by atoms with Gasteiger partial charge < -0.3 is 16.0 Å². The Kier molecular flexibility index (Phi) is 15.7. The maximum Gasteiger partial charge on any atom is 0.248 e. The fourth-order valence-corrected chi connectivity index (χ4v) is 7.50. The van der Waals surface area contributed by atoms with Crippen molar-refractivity contribution in [2.75, 3.05) is 45.8 Å². The van der Waals surface area contributed by atoms with E-state index in [9.17, 15) is 13.6 Å². The molecule has 1 aromatic carbocycles. The van der Waals surface area contributed by atoms with Crippen LogP contribution in [-0.2, 0) is 11.2 Å². The minimum absolute atomic E-state index is 0. The van der Waals surface area contributed by atoms with Crippen molar-refractivity contribution in [1.82, 2.24) is 20.1 Å². The van der Waals surface area contributed by atoms with Gasteiger partial charge in [-0.25, -0.2) is 8.78 Å². The molecule has 0 amide bonds. The van der Waals surface area contributed by atoms with Crippen molar-refractivity contribution < 1.29 is 13.6 Å². The summed E-state index contributed by atoms with van der Waals surface area (Å²) in [6, 6.07) is 15.3. The quantitative estimate of drug-likeness (QED) is 0.243. The van der Waals surface area contributed by atoms with Gasteiger partial charge in [0.05, 0.1) is 11.7 Å². The Bertz CT molecular complexity index is 1150. The van der Waals surface area contributed by atoms with Gasteiger partial charge in [0.2, 0.25) is 5.92 Å². The highest BCUT2D eigenvalue weighted by Gasteiger charge is 2.38. The number of unbranched alkanes of at least 4 members (excludes halogenated alkanes) is 1. The van der Waals surface area contributed by atoms with Crippen molar-refractivity contribution in [2.45, 2.75) is 94.6 Å². The molecule has 2 aromatic rings. The zero-order chi connectivity index (χ0) is 30.1. The molecule has 3 atom stereocenters. The van der Waals surface area contributed by atoms with Crippen LogP contribution in [0.15, 0.2) is 48.7 Å². The molecule has 0 radical (unpaired) electrons. The van der Waals surface area contributed by atoms with E-state index in [1.54, 1.807) is 0 Å². The van der Waals surface area contributed by atoms with Crippen LogP contribution in [0.1, 0.15) is 93.0 Å². The van der Waals surface area contributed by atoms with E-state index < -0.39 is 5.92 Å². The smallest absolute Gasteiger partial charge is 0.248 e. The molecular weight excluding hydrogens is 609 g/mol. The maximum atomic E-state index is 13.7. The molecule has 10 heteroatoms. The molecule has 5 rings (SSSR count). The van der Waals surface area contributed by atoms with E-state index in [1.165, 1.54) is 23.2 Å². The number of carbonyl (C=O) groups excluding carboxylic acids is 1. The zero-order valence-corrected chi connectivity index (χ0v) is 28.7. The SMILES string of the molecule is NCCCCN(C[C@@H]1CN(CC[C@H](CC(=O)C2CCC(F)(F)CC2)c2ccccc2)CCN1)[C@H]1CCCc2cccnc21.S.S. The molecule has 2 heterocycles. The largest absolute Gasteiger partial charge is 0.330 e. The van der Waals surface area contributed by atoms with Crippen LogP contribution in [0, 0.1) is 5.92 Å². The van der Waals surface area contributed by atoms with Crippen molar-refractivity contribution in [1.29, 1.82) is 0 Å². The summed E-state index contributed by atoms with van der Waals surface area (Å²) in [6.45, 7) is 6.57. The van der Waals surface area contributed by atoms with Crippen LogP contribution in [0.2, 0.25) is 0 Å². The van der Waals surface area contributed by atoms with Crippen LogP contribution in [0.5, 0.6) is 0 Å². The zero-order valence-electron chi connectivity index (χ0n) is 26.7. The second-order valence-electron chi connectivity index (χ2n) is 13.1. The Morgan fingerprint density at radius 3 is 2.62 bits per heavy atom. The van der Waals surface area contributed by atoms with Gasteiger partial charge in [-0.15, -0.1) is 0 Å².